The minimum atomic E-state index is -0.751. The van der Waals surface area contributed by atoms with Gasteiger partial charge in [0.15, 0.2) is 6.10 Å². The van der Waals surface area contributed by atoms with E-state index in [-0.39, 0.29) is 31.1 Å². The van der Waals surface area contributed by atoms with Crippen molar-refractivity contribution in [1.29, 1.82) is 0 Å². The maximum atomic E-state index is 12.3. The van der Waals surface area contributed by atoms with E-state index in [9.17, 15) is 14.4 Å². The van der Waals surface area contributed by atoms with Gasteiger partial charge in [0.1, 0.15) is 13.2 Å². The summed E-state index contributed by atoms with van der Waals surface area (Å²) in [5.74, 6) is -0.903. The van der Waals surface area contributed by atoms with Crippen LogP contribution in [-0.2, 0) is 28.6 Å². The molecule has 0 atom stereocenters. The fourth-order valence-electron chi connectivity index (χ4n) is 4.20. The first-order chi connectivity index (χ1) is 18.0. The lowest BCUT2D eigenvalue weighted by atomic mass is 10.1. The van der Waals surface area contributed by atoms with Gasteiger partial charge >= 0.3 is 17.9 Å². The second-order valence-corrected chi connectivity index (χ2v) is 10.4. The van der Waals surface area contributed by atoms with Crippen LogP contribution in [0.4, 0.5) is 0 Å². The molecule has 0 saturated carbocycles. The fraction of sp³-hybridized carbons (Fsp3) is 0.903. The molecule has 0 spiro atoms. The van der Waals surface area contributed by atoms with Crippen molar-refractivity contribution >= 4 is 17.9 Å². The van der Waals surface area contributed by atoms with Crippen LogP contribution >= 0.6 is 0 Å². The summed E-state index contributed by atoms with van der Waals surface area (Å²) in [6.45, 7) is 6.42. The first-order valence-corrected chi connectivity index (χ1v) is 15.5. The van der Waals surface area contributed by atoms with Gasteiger partial charge in [0.05, 0.1) is 0 Å². The summed E-state index contributed by atoms with van der Waals surface area (Å²) in [5, 5.41) is 0. The average Bonchev–Trinajstić information content (AvgIpc) is 2.89. The topological polar surface area (TPSA) is 78.9 Å². The summed E-state index contributed by atoms with van der Waals surface area (Å²) in [6, 6.07) is 0. The minimum absolute atomic E-state index is 0.0678. The molecule has 0 aromatic rings. The van der Waals surface area contributed by atoms with E-state index in [1.165, 1.54) is 57.8 Å². The van der Waals surface area contributed by atoms with Crippen LogP contribution < -0.4 is 0 Å². The second-order valence-electron chi connectivity index (χ2n) is 10.4. The summed E-state index contributed by atoms with van der Waals surface area (Å²) < 4.78 is 16.3. The Hall–Kier alpha value is -1.59. The van der Waals surface area contributed by atoms with Crippen molar-refractivity contribution in [3.05, 3.63) is 0 Å². The van der Waals surface area contributed by atoms with E-state index in [0.29, 0.717) is 19.3 Å². The van der Waals surface area contributed by atoms with Crippen LogP contribution in [0.25, 0.3) is 0 Å². The normalized spacial score (nSPS) is 11.0. The maximum Gasteiger partial charge on any atom is 0.306 e. The van der Waals surface area contributed by atoms with Gasteiger partial charge in [0.2, 0.25) is 0 Å². The molecule has 0 aliphatic heterocycles. The highest BCUT2D eigenvalue weighted by Crippen LogP contribution is 2.12. The largest absolute Gasteiger partial charge is 0.462 e. The van der Waals surface area contributed by atoms with E-state index in [1.54, 1.807) is 0 Å². The molecule has 37 heavy (non-hydrogen) atoms. The van der Waals surface area contributed by atoms with Crippen molar-refractivity contribution < 1.29 is 28.6 Å². The van der Waals surface area contributed by atoms with Gasteiger partial charge in [-0.2, -0.15) is 0 Å². The summed E-state index contributed by atoms with van der Waals surface area (Å²) >= 11 is 0. The predicted molar refractivity (Wildman–Crippen MR) is 150 cm³/mol. The predicted octanol–water partition coefficient (Wildman–Crippen LogP) is 8.63. The van der Waals surface area contributed by atoms with Crippen LogP contribution in [0, 0.1) is 0 Å². The van der Waals surface area contributed by atoms with Crippen molar-refractivity contribution in [2.75, 3.05) is 13.2 Å². The number of rotatable bonds is 27. The zero-order valence-electron chi connectivity index (χ0n) is 24.5. The Morgan fingerprint density at radius 1 is 0.432 bits per heavy atom. The Morgan fingerprint density at radius 3 is 1.08 bits per heavy atom. The molecule has 0 aliphatic rings. The summed E-state index contributed by atoms with van der Waals surface area (Å²) in [7, 11) is 0. The van der Waals surface area contributed by atoms with E-state index >= 15 is 0 Å². The van der Waals surface area contributed by atoms with E-state index < -0.39 is 6.10 Å². The van der Waals surface area contributed by atoms with Crippen molar-refractivity contribution in [2.45, 2.75) is 168 Å². The molecular formula is C31H58O6. The first-order valence-electron chi connectivity index (χ1n) is 15.5. The van der Waals surface area contributed by atoms with Crippen LogP contribution in [0.15, 0.2) is 0 Å². The van der Waals surface area contributed by atoms with Gasteiger partial charge in [-0.1, -0.05) is 124 Å². The quantitative estimate of drug-likeness (QED) is 0.0460. The molecule has 0 bridgehead atoms. The molecule has 0 aromatic carbocycles. The summed E-state index contributed by atoms with van der Waals surface area (Å²) in [6.07, 6.45) is 21.4. The standard InChI is InChI=1S/C31H58O6/c1-4-7-10-13-15-18-20-23-29(32)35-26-28(37-31(34)25-22-17-12-9-6-3)27-36-30(33)24-21-19-16-14-11-8-5-2/h28H,4-27H2,1-3H3/i31+1. The number of carbonyl (C=O) groups is 3. The molecule has 6 heteroatoms. The van der Waals surface area contributed by atoms with Crippen molar-refractivity contribution in [3.63, 3.8) is 0 Å². The van der Waals surface area contributed by atoms with Gasteiger partial charge in [0.25, 0.3) is 0 Å². The molecule has 0 saturated heterocycles. The molecule has 0 aromatic heterocycles. The van der Waals surface area contributed by atoms with Crippen molar-refractivity contribution in [1.82, 2.24) is 0 Å². The van der Waals surface area contributed by atoms with E-state index in [1.807, 2.05) is 0 Å². The van der Waals surface area contributed by atoms with Crippen molar-refractivity contribution in [2.24, 2.45) is 0 Å². The Bertz CT molecular complexity index is 514. The number of unbranched alkanes of at least 4 members (excludes halogenated alkanes) is 16. The lowest BCUT2D eigenvalue weighted by molar-refractivity contribution is -0.167. The second kappa shape index (κ2) is 27.4. The molecule has 0 fully saturated rings. The molecule has 0 amide bonds. The number of hydrogen-bond acceptors (Lipinski definition) is 6. The molecule has 0 heterocycles. The third kappa shape index (κ3) is 25.8. The molecule has 6 nitrogen and oxygen atoms in total. The number of ether oxygens (including phenoxy) is 3. The highest BCUT2D eigenvalue weighted by Gasteiger charge is 2.19. The number of esters is 3. The third-order valence-corrected chi connectivity index (χ3v) is 6.61. The number of carbonyl (C=O) groups excluding carboxylic acids is 3. The molecular weight excluding hydrogens is 469 g/mol. The number of hydrogen-bond donors (Lipinski definition) is 0. The Labute approximate surface area is 228 Å². The zero-order chi connectivity index (χ0) is 27.4. The van der Waals surface area contributed by atoms with Gasteiger partial charge in [-0.15, -0.1) is 0 Å². The maximum absolute atomic E-state index is 12.3. The molecule has 0 radical (unpaired) electrons. The summed E-state index contributed by atoms with van der Waals surface area (Å²) in [5.41, 5.74) is 0. The first kappa shape index (κ1) is 35.4. The van der Waals surface area contributed by atoms with E-state index in [2.05, 4.69) is 20.8 Å². The smallest absolute Gasteiger partial charge is 0.306 e. The monoisotopic (exact) mass is 527 g/mol. The lowest BCUT2D eigenvalue weighted by Gasteiger charge is -2.18. The Kier molecular flexibility index (Phi) is 26.3. The van der Waals surface area contributed by atoms with Crippen LogP contribution in [-0.4, -0.2) is 37.2 Å². The van der Waals surface area contributed by atoms with Crippen LogP contribution in [0.3, 0.4) is 0 Å². The van der Waals surface area contributed by atoms with Gasteiger partial charge in [-0.3, -0.25) is 14.4 Å². The highest BCUT2D eigenvalue weighted by molar-refractivity contribution is 5.71. The molecule has 0 unspecified atom stereocenters. The van der Waals surface area contributed by atoms with E-state index in [4.69, 9.17) is 14.2 Å². The summed E-state index contributed by atoms with van der Waals surface area (Å²) in [4.78, 5) is 36.7. The molecule has 218 valence electrons. The Balaban J connectivity index is 4.33. The van der Waals surface area contributed by atoms with Gasteiger partial charge in [-0.05, 0) is 19.3 Å². The van der Waals surface area contributed by atoms with Gasteiger partial charge in [-0.25, -0.2) is 0 Å². The Morgan fingerprint density at radius 2 is 0.730 bits per heavy atom. The molecule has 0 aliphatic carbocycles. The highest BCUT2D eigenvalue weighted by atomic mass is 16.7. The third-order valence-electron chi connectivity index (χ3n) is 6.61. The molecule has 0 rings (SSSR count). The van der Waals surface area contributed by atoms with Gasteiger partial charge in [0, 0.05) is 19.3 Å². The zero-order valence-corrected chi connectivity index (χ0v) is 24.5. The van der Waals surface area contributed by atoms with Gasteiger partial charge < -0.3 is 14.2 Å². The fourth-order valence-corrected chi connectivity index (χ4v) is 4.20. The molecule has 0 N–H and O–H groups in total. The SMILES string of the molecule is CCCCCCCCCC(=O)OCC(COC(=O)CCCCCCCCC)O[13C](=O)CCCCCCC. The lowest BCUT2D eigenvalue weighted by Crippen LogP contribution is -2.30. The minimum Gasteiger partial charge on any atom is -0.462 e. The van der Waals surface area contributed by atoms with Crippen LogP contribution in [0.5, 0.6) is 0 Å². The van der Waals surface area contributed by atoms with Crippen LogP contribution in [0.2, 0.25) is 0 Å². The van der Waals surface area contributed by atoms with Crippen molar-refractivity contribution in [3.8, 4) is 0 Å². The van der Waals surface area contributed by atoms with E-state index in [0.717, 1.165) is 64.2 Å². The van der Waals surface area contributed by atoms with Crippen LogP contribution in [0.1, 0.15) is 162 Å². The average molecular weight is 528 g/mol.